The Balaban J connectivity index is 1.32. The molecule has 1 aliphatic heterocycles. The van der Waals surface area contributed by atoms with Gasteiger partial charge in [-0.1, -0.05) is 42.5 Å². The van der Waals surface area contributed by atoms with Gasteiger partial charge in [-0.05, 0) is 29.7 Å². The van der Waals surface area contributed by atoms with E-state index in [-0.39, 0.29) is 0 Å². The summed E-state index contributed by atoms with van der Waals surface area (Å²) in [4.78, 5) is 6.76. The van der Waals surface area contributed by atoms with Crippen molar-refractivity contribution in [1.82, 2.24) is 15.5 Å². The maximum absolute atomic E-state index is 5.68. The smallest absolute Gasteiger partial charge is 0.191 e. The van der Waals surface area contributed by atoms with Gasteiger partial charge < -0.3 is 15.4 Å². The molecule has 0 amide bonds. The van der Waals surface area contributed by atoms with Gasteiger partial charge in [-0.3, -0.25) is 9.89 Å². The molecular formula is C21H28N4O. The van der Waals surface area contributed by atoms with Crippen molar-refractivity contribution in [2.45, 2.75) is 13.0 Å². The minimum absolute atomic E-state index is 0.605. The number of fused-ring (bicyclic) bond motifs is 1. The first kappa shape index (κ1) is 18.3. The summed E-state index contributed by atoms with van der Waals surface area (Å²) in [6.45, 7) is 5.36. The van der Waals surface area contributed by atoms with Gasteiger partial charge in [-0.15, -0.1) is 0 Å². The van der Waals surface area contributed by atoms with Gasteiger partial charge in [0.2, 0.25) is 0 Å². The van der Waals surface area contributed by atoms with E-state index < -0.39 is 0 Å². The van der Waals surface area contributed by atoms with Gasteiger partial charge >= 0.3 is 0 Å². The molecule has 0 aliphatic carbocycles. The highest BCUT2D eigenvalue weighted by Gasteiger charge is 2.14. The molecule has 5 nitrogen and oxygen atoms in total. The normalized spacial score (nSPS) is 14.6. The molecule has 0 saturated carbocycles. The van der Waals surface area contributed by atoms with Crippen molar-refractivity contribution in [3.63, 3.8) is 0 Å². The average Bonchev–Trinajstić information content (AvgIpc) is 2.70. The van der Waals surface area contributed by atoms with Crippen molar-refractivity contribution in [1.29, 1.82) is 0 Å². The van der Waals surface area contributed by atoms with Crippen molar-refractivity contribution in [3.05, 3.63) is 65.7 Å². The van der Waals surface area contributed by atoms with Crippen LogP contribution in [-0.2, 0) is 13.0 Å². The molecule has 1 aliphatic rings. The summed E-state index contributed by atoms with van der Waals surface area (Å²) in [5, 5.41) is 6.67. The van der Waals surface area contributed by atoms with Gasteiger partial charge in [-0.25, -0.2) is 0 Å². The van der Waals surface area contributed by atoms with Crippen LogP contribution in [0.3, 0.4) is 0 Å². The second kappa shape index (κ2) is 9.82. The number of benzene rings is 2. The molecule has 0 bridgehead atoms. The number of para-hydroxylation sites is 1. The Morgan fingerprint density at radius 2 is 1.73 bits per heavy atom. The fourth-order valence-corrected chi connectivity index (χ4v) is 3.15. The van der Waals surface area contributed by atoms with Gasteiger partial charge in [0.15, 0.2) is 5.96 Å². The topological polar surface area (TPSA) is 48.9 Å². The van der Waals surface area contributed by atoms with E-state index in [9.17, 15) is 0 Å². The molecule has 5 heteroatoms. The van der Waals surface area contributed by atoms with Gasteiger partial charge in [0.1, 0.15) is 12.4 Å². The molecule has 2 aromatic carbocycles. The lowest BCUT2D eigenvalue weighted by Gasteiger charge is -2.28. The standard InChI is InChI=1S/C21H28N4O/c1-22-21(24-13-16-26-20-9-3-2-4-10-20)23-12-15-25-14-11-18-7-5-6-8-19(18)17-25/h2-10H,11-17H2,1H3,(H2,22,23,24). The second-order valence-electron chi connectivity index (χ2n) is 6.38. The number of guanidine groups is 1. The van der Waals surface area contributed by atoms with Gasteiger partial charge in [0.25, 0.3) is 0 Å². The summed E-state index contributed by atoms with van der Waals surface area (Å²) in [7, 11) is 1.80. The number of ether oxygens (including phenoxy) is 1. The zero-order chi connectivity index (χ0) is 18.0. The van der Waals surface area contributed by atoms with Crippen molar-refractivity contribution in [3.8, 4) is 5.75 Å². The summed E-state index contributed by atoms with van der Waals surface area (Å²) in [6.07, 6.45) is 1.14. The first-order valence-electron chi connectivity index (χ1n) is 9.26. The van der Waals surface area contributed by atoms with Crippen LogP contribution in [0.5, 0.6) is 5.75 Å². The number of aliphatic imine (C=N–C) groups is 1. The maximum Gasteiger partial charge on any atom is 0.191 e. The highest BCUT2D eigenvalue weighted by Crippen LogP contribution is 2.17. The zero-order valence-electron chi connectivity index (χ0n) is 15.4. The number of nitrogens with zero attached hydrogens (tertiary/aromatic N) is 2. The molecule has 0 atom stereocenters. The van der Waals surface area contributed by atoms with E-state index in [1.54, 1.807) is 7.05 Å². The summed E-state index contributed by atoms with van der Waals surface area (Å²) >= 11 is 0. The minimum Gasteiger partial charge on any atom is -0.492 e. The first-order chi connectivity index (χ1) is 12.8. The van der Waals surface area contributed by atoms with Crippen LogP contribution in [0.2, 0.25) is 0 Å². The van der Waals surface area contributed by atoms with Crippen molar-refractivity contribution in [2.75, 3.05) is 39.8 Å². The van der Waals surface area contributed by atoms with Crippen molar-refractivity contribution in [2.24, 2.45) is 4.99 Å². The number of hydrogen-bond donors (Lipinski definition) is 2. The van der Waals surface area contributed by atoms with Crippen LogP contribution in [-0.4, -0.2) is 50.7 Å². The number of rotatable bonds is 7. The Morgan fingerprint density at radius 3 is 2.54 bits per heavy atom. The van der Waals surface area contributed by atoms with E-state index in [1.807, 2.05) is 30.3 Å². The highest BCUT2D eigenvalue weighted by atomic mass is 16.5. The lowest BCUT2D eigenvalue weighted by atomic mass is 10.00. The summed E-state index contributed by atoms with van der Waals surface area (Å²) in [5.74, 6) is 1.71. The van der Waals surface area contributed by atoms with Crippen LogP contribution in [0.1, 0.15) is 11.1 Å². The maximum atomic E-state index is 5.68. The Hall–Kier alpha value is -2.53. The van der Waals surface area contributed by atoms with E-state index >= 15 is 0 Å². The predicted octanol–water partition coefficient (Wildman–Crippen LogP) is 2.29. The summed E-state index contributed by atoms with van der Waals surface area (Å²) < 4.78 is 5.68. The lowest BCUT2D eigenvalue weighted by molar-refractivity contribution is 0.258. The molecule has 2 aromatic rings. The fraction of sp³-hybridized carbons (Fsp3) is 0.381. The molecule has 1 heterocycles. The quantitative estimate of drug-likeness (QED) is 0.456. The van der Waals surface area contributed by atoms with Crippen LogP contribution < -0.4 is 15.4 Å². The van der Waals surface area contributed by atoms with Crippen molar-refractivity contribution >= 4 is 5.96 Å². The molecule has 3 rings (SSSR count). The molecule has 0 unspecified atom stereocenters. The Kier molecular flexibility index (Phi) is 6.90. The monoisotopic (exact) mass is 352 g/mol. The summed E-state index contributed by atoms with van der Waals surface area (Å²) in [6, 6.07) is 18.6. The molecule has 0 spiro atoms. The van der Waals surface area contributed by atoms with E-state index in [0.29, 0.717) is 13.2 Å². The number of nitrogens with one attached hydrogen (secondary N) is 2. The van der Waals surface area contributed by atoms with E-state index in [0.717, 1.165) is 44.3 Å². The largest absolute Gasteiger partial charge is 0.492 e. The van der Waals surface area contributed by atoms with Crippen LogP contribution in [0, 0.1) is 0 Å². The Morgan fingerprint density at radius 1 is 1.00 bits per heavy atom. The third kappa shape index (κ3) is 5.49. The molecule has 26 heavy (non-hydrogen) atoms. The van der Waals surface area contributed by atoms with Gasteiger partial charge in [-0.2, -0.15) is 0 Å². The average molecular weight is 352 g/mol. The third-order valence-corrected chi connectivity index (χ3v) is 4.56. The van der Waals surface area contributed by atoms with Crippen LogP contribution in [0.15, 0.2) is 59.6 Å². The van der Waals surface area contributed by atoms with Gasteiger partial charge in [0.05, 0.1) is 6.54 Å². The van der Waals surface area contributed by atoms with E-state index in [2.05, 4.69) is 44.8 Å². The molecule has 0 saturated heterocycles. The van der Waals surface area contributed by atoms with Crippen LogP contribution in [0.25, 0.3) is 0 Å². The SMILES string of the molecule is CN=C(NCCOc1ccccc1)NCCN1CCc2ccccc2C1. The Bertz CT molecular complexity index is 702. The Labute approximate surface area is 156 Å². The summed E-state index contributed by atoms with van der Waals surface area (Å²) in [5.41, 5.74) is 2.95. The first-order valence-corrected chi connectivity index (χ1v) is 9.26. The van der Waals surface area contributed by atoms with E-state index in [4.69, 9.17) is 4.74 Å². The van der Waals surface area contributed by atoms with Crippen molar-refractivity contribution < 1.29 is 4.74 Å². The van der Waals surface area contributed by atoms with Crippen LogP contribution in [0.4, 0.5) is 0 Å². The molecule has 2 N–H and O–H groups in total. The number of hydrogen-bond acceptors (Lipinski definition) is 3. The lowest BCUT2D eigenvalue weighted by Crippen LogP contribution is -2.43. The minimum atomic E-state index is 0.605. The fourth-order valence-electron chi connectivity index (χ4n) is 3.15. The molecule has 0 fully saturated rings. The predicted molar refractivity (Wildman–Crippen MR) is 107 cm³/mol. The highest BCUT2D eigenvalue weighted by molar-refractivity contribution is 5.79. The van der Waals surface area contributed by atoms with Gasteiger partial charge in [0, 0.05) is 33.2 Å². The molecule has 0 aromatic heterocycles. The molecular weight excluding hydrogens is 324 g/mol. The molecule has 0 radical (unpaired) electrons. The third-order valence-electron chi connectivity index (χ3n) is 4.56. The van der Waals surface area contributed by atoms with E-state index in [1.165, 1.54) is 11.1 Å². The molecule has 138 valence electrons. The van der Waals surface area contributed by atoms with Crippen LogP contribution >= 0.6 is 0 Å². The second-order valence-corrected chi connectivity index (χ2v) is 6.38. The zero-order valence-corrected chi connectivity index (χ0v) is 15.4.